The summed E-state index contributed by atoms with van der Waals surface area (Å²) in [5.41, 5.74) is 2.27. The number of anilines is 1. The molecule has 0 saturated carbocycles. The third-order valence-corrected chi connectivity index (χ3v) is 5.40. The Hall–Kier alpha value is -3.97. The second-order valence-electron chi connectivity index (χ2n) is 7.76. The molecule has 4 aromatic rings. The Balaban J connectivity index is 1.57. The third-order valence-electron chi connectivity index (χ3n) is 5.22. The van der Waals surface area contributed by atoms with E-state index < -0.39 is 6.04 Å². The fourth-order valence-corrected chi connectivity index (χ4v) is 3.73. The van der Waals surface area contributed by atoms with Crippen molar-refractivity contribution in [3.8, 4) is 0 Å². The fourth-order valence-electron chi connectivity index (χ4n) is 3.53. The third kappa shape index (κ3) is 6.30. The molecule has 1 unspecified atom stereocenters. The fraction of sp³-hybridized carbons (Fsp3) is 0.154. The largest absolute Gasteiger partial charge is 0.353 e. The lowest BCUT2D eigenvalue weighted by Crippen LogP contribution is -2.42. The van der Waals surface area contributed by atoms with Gasteiger partial charge in [0.05, 0.1) is 18.8 Å². The molecule has 1 atom stereocenters. The Morgan fingerprint density at radius 2 is 1.62 bits per heavy atom. The van der Waals surface area contributed by atoms with Gasteiger partial charge in [-0.1, -0.05) is 78.3 Å². The van der Waals surface area contributed by atoms with Gasteiger partial charge in [0, 0.05) is 18.8 Å². The van der Waals surface area contributed by atoms with Gasteiger partial charge in [0.15, 0.2) is 5.82 Å². The van der Waals surface area contributed by atoms with Crippen LogP contribution in [0.15, 0.2) is 96.1 Å². The van der Waals surface area contributed by atoms with Crippen LogP contribution in [0.25, 0.3) is 0 Å². The summed E-state index contributed by atoms with van der Waals surface area (Å²) in [6.07, 6.45) is 3.53. The standard InChI is InChI=1S/C26H24ClN5O2/c27-23-18-32(17-20-11-5-2-6-12-20)26(34)24(31-23)30-22(15-19-9-3-1-4-10-19)25(33)29-16-21-13-7-8-14-28-21/h1-14,18,22H,15-17H2,(H,29,33)(H,30,31). The van der Waals surface area contributed by atoms with E-state index in [1.165, 1.54) is 10.8 Å². The van der Waals surface area contributed by atoms with Crippen molar-refractivity contribution in [2.24, 2.45) is 0 Å². The van der Waals surface area contributed by atoms with E-state index >= 15 is 0 Å². The molecule has 0 saturated heterocycles. The number of benzene rings is 2. The molecule has 0 spiro atoms. The number of carbonyl (C=O) groups excluding carboxylic acids is 1. The van der Waals surface area contributed by atoms with Gasteiger partial charge in [-0.25, -0.2) is 4.98 Å². The minimum atomic E-state index is -0.741. The number of pyridine rings is 1. The second kappa shape index (κ2) is 11.2. The molecular weight excluding hydrogens is 450 g/mol. The number of nitrogens with one attached hydrogen (secondary N) is 2. The summed E-state index contributed by atoms with van der Waals surface area (Å²) in [7, 11) is 0. The lowest BCUT2D eigenvalue weighted by atomic mass is 10.1. The molecule has 0 radical (unpaired) electrons. The lowest BCUT2D eigenvalue weighted by molar-refractivity contribution is -0.122. The number of rotatable bonds is 9. The number of halogens is 1. The Bertz CT molecular complexity index is 1280. The molecule has 0 aliphatic carbocycles. The highest BCUT2D eigenvalue weighted by Gasteiger charge is 2.22. The van der Waals surface area contributed by atoms with Crippen LogP contribution in [0.1, 0.15) is 16.8 Å². The van der Waals surface area contributed by atoms with Crippen molar-refractivity contribution in [2.75, 3.05) is 5.32 Å². The highest BCUT2D eigenvalue weighted by atomic mass is 35.5. The van der Waals surface area contributed by atoms with Crippen molar-refractivity contribution >= 4 is 23.3 Å². The summed E-state index contributed by atoms with van der Waals surface area (Å²) in [5.74, 6) is -0.248. The van der Waals surface area contributed by atoms with Gasteiger partial charge in [-0.05, 0) is 23.3 Å². The molecule has 2 heterocycles. The maximum absolute atomic E-state index is 13.2. The van der Waals surface area contributed by atoms with Crippen molar-refractivity contribution < 1.29 is 4.79 Å². The van der Waals surface area contributed by atoms with Crippen molar-refractivity contribution in [1.29, 1.82) is 0 Å². The maximum Gasteiger partial charge on any atom is 0.293 e. The van der Waals surface area contributed by atoms with Crippen molar-refractivity contribution in [3.63, 3.8) is 0 Å². The zero-order valence-electron chi connectivity index (χ0n) is 18.4. The summed E-state index contributed by atoms with van der Waals surface area (Å²) in [6, 6.07) is 23.9. The van der Waals surface area contributed by atoms with E-state index in [4.69, 9.17) is 11.6 Å². The highest BCUT2D eigenvalue weighted by molar-refractivity contribution is 6.29. The molecule has 2 N–H and O–H groups in total. The first-order valence-electron chi connectivity index (χ1n) is 10.9. The van der Waals surface area contributed by atoms with Crippen LogP contribution in [0.4, 0.5) is 5.82 Å². The van der Waals surface area contributed by atoms with Crippen LogP contribution in [0.3, 0.4) is 0 Å². The van der Waals surface area contributed by atoms with Crippen LogP contribution in [-0.2, 0) is 24.3 Å². The number of hydrogen-bond donors (Lipinski definition) is 2. The molecule has 34 heavy (non-hydrogen) atoms. The first kappa shape index (κ1) is 23.2. The number of hydrogen-bond acceptors (Lipinski definition) is 5. The van der Waals surface area contributed by atoms with Gasteiger partial charge in [-0.3, -0.25) is 14.6 Å². The molecule has 1 amide bonds. The van der Waals surface area contributed by atoms with E-state index in [-0.39, 0.29) is 29.0 Å². The lowest BCUT2D eigenvalue weighted by Gasteiger charge is -2.19. The molecular formula is C26H24ClN5O2. The monoisotopic (exact) mass is 473 g/mol. The van der Waals surface area contributed by atoms with E-state index in [0.29, 0.717) is 13.0 Å². The first-order valence-corrected chi connectivity index (χ1v) is 11.3. The van der Waals surface area contributed by atoms with Gasteiger partial charge in [0.1, 0.15) is 11.2 Å². The van der Waals surface area contributed by atoms with Gasteiger partial charge in [0.2, 0.25) is 5.91 Å². The van der Waals surface area contributed by atoms with Gasteiger partial charge in [0.25, 0.3) is 5.56 Å². The average molecular weight is 474 g/mol. The number of aromatic nitrogens is 3. The smallest absolute Gasteiger partial charge is 0.293 e. The van der Waals surface area contributed by atoms with Crippen LogP contribution in [0.2, 0.25) is 5.15 Å². The molecule has 172 valence electrons. The molecule has 8 heteroatoms. The van der Waals surface area contributed by atoms with Crippen LogP contribution in [0, 0.1) is 0 Å². The normalized spacial score (nSPS) is 11.6. The number of nitrogens with zero attached hydrogens (tertiary/aromatic N) is 3. The van der Waals surface area contributed by atoms with E-state index in [2.05, 4.69) is 20.6 Å². The van der Waals surface area contributed by atoms with E-state index in [1.807, 2.05) is 78.9 Å². The first-order chi connectivity index (χ1) is 16.6. The predicted molar refractivity (Wildman–Crippen MR) is 133 cm³/mol. The van der Waals surface area contributed by atoms with Gasteiger partial charge in [-0.2, -0.15) is 0 Å². The summed E-state index contributed by atoms with van der Waals surface area (Å²) < 4.78 is 1.48. The van der Waals surface area contributed by atoms with E-state index in [1.54, 1.807) is 6.20 Å². The highest BCUT2D eigenvalue weighted by Crippen LogP contribution is 2.12. The molecule has 0 fully saturated rings. The van der Waals surface area contributed by atoms with Gasteiger partial charge >= 0.3 is 0 Å². The molecule has 4 rings (SSSR count). The van der Waals surface area contributed by atoms with Gasteiger partial charge < -0.3 is 15.2 Å². The minimum absolute atomic E-state index is 0.0253. The topological polar surface area (TPSA) is 88.9 Å². The maximum atomic E-state index is 13.2. The summed E-state index contributed by atoms with van der Waals surface area (Å²) >= 11 is 6.23. The Kier molecular flexibility index (Phi) is 7.67. The molecule has 0 aliphatic rings. The summed E-state index contributed by atoms with van der Waals surface area (Å²) in [6.45, 7) is 0.611. The quantitative estimate of drug-likeness (QED) is 0.387. The van der Waals surface area contributed by atoms with E-state index in [0.717, 1.165) is 16.8 Å². The van der Waals surface area contributed by atoms with Crippen molar-refractivity contribution in [3.05, 3.63) is 124 Å². The molecule has 7 nitrogen and oxygen atoms in total. The van der Waals surface area contributed by atoms with Crippen LogP contribution in [0.5, 0.6) is 0 Å². The second-order valence-corrected chi connectivity index (χ2v) is 8.14. The molecule has 2 aromatic carbocycles. The summed E-state index contributed by atoms with van der Waals surface area (Å²) in [5, 5.41) is 6.09. The molecule has 2 aromatic heterocycles. The zero-order valence-corrected chi connectivity index (χ0v) is 19.2. The average Bonchev–Trinajstić information content (AvgIpc) is 2.87. The zero-order chi connectivity index (χ0) is 23.8. The minimum Gasteiger partial charge on any atom is -0.353 e. The Labute approximate surface area is 202 Å². The Morgan fingerprint density at radius 1 is 0.941 bits per heavy atom. The van der Waals surface area contributed by atoms with Crippen LogP contribution in [-0.4, -0.2) is 26.5 Å². The number of amides is 1. The summed E-state index contributed by atoms with van der Waals surface area (Å²) in [4.78, 5) is 34.7. The van der Waals surface area contributed by atoms with Crippen LogP contribution < -0.4 is 16.2 Å². The van der Waals surface area contributed by atoms with E-state index in [9.17, 15) is 9.59 Å². The molecule has 0 bridgehead atoms. The predicted octanol–water partition coefficient (Wildman–Crippen LogP) is 3.68. The van der Waals surface area contributed by atoms with Crippen LogP contribution >= 0.6 is 11.6 Å². The van der Waals surface area contributed by atoms with Gasteiger partial charge in [-0.15, -0.1) is 0 Å². The van der Waals surface area contributed by atoms with Crippen molar-refractivity contribution in [1.82, 2.24) is 19.9 Å². The SMILES string of the molecule is O=C(NCc1ccccn1)C(Cc1ccccc1)Nc1nc(Cl)cn(Cc2ccccc2)c1=O. The molecule has 0 aliphatic heterocycles. The Morgan fingerprint density at radius 3 is 2.29 bits per heavy atom. The van der Waals surface area contributed by atoms with Crippen molar-refractivity contribution in [2.45, 2.75) is 25.6 Å². The number of carbonyl (C=O) groups is 1.